The number of halogens is 1. The number of nitrogens with zero attached hydrogens (tertiary/aromatic N) is 2. The maximum Gasteiger partial charge on any atom is 0.0823 e. The lowest BCUT2D eigenvalue weighted by Gasteiger charge is -2.19. The van der Waals surface area contributed by atoms with Gasteiger partial charge in [0.1, 0.15) is 0 Å². The molecule has 0 aliphatic carbocycles. The number of benzene rings is 4. The summed E-state index contributed by atoms with van der Waals surface area (Å²) in [4.78, 5) is 6.27. The van der Waals surface area contributed by atoms with Crippen molar-refractivity contribution in [3.8, 4) is 0 Å². The monoisotopic (exact) mass is 542 g/mol. The summed E-state index contributed by atoms with van der Waals surface area (Å²) in [5, 5.41) is 9.03. The fraction of sp³-hybridized carbons (Fsp3) is 0.107. The van der Waals surface area contributed by atoms with Gasteiger partial charge < -0.3 is 4.40 Å². The quantitative estimate of drug-likeness (QED) is 0.123. The molecule has 4 heteroatoms. The van der Waals surface area contributed by atoms with Crippen molar-refractivity contribution in [1.82, 2.24) is 9.38 Å². The van der Waals surface area contributed by atoms with Gasteiger partial charge in [-0.3, -0.25) is 4.98 Å². The van der Waals surface area contributed by atoms with Crippen molar-refractivity contribution >= 4 is 89.9 Å². The third-order valence-electron chi connectivity index (χ3n) is 6.84. The van der Waals surface area contributed by atoms with Crippen molar-refractivity contribution in [2.24, 2.45) is 0 Å². The number of fused-ring (bicyclic) bond motifs is 7. The molecule has 32 heavy (non-hydrogen) atoms. The molecule has 0 N–H and O–H groups in total. The minimum Gasteiger partial charge on any atom is -0.307 e. The topological polar surface area (TPSA) is 17.3 Å². The van der Waals surface area contributed by atoms with E-state index >= 15 is 0 Å². The first kappa shape index (κ1) is 18.9. The first-order valence-corrected chi connectivity index (χ1v) is 14.2. The van der Waals surface area contributed by atoms with E-state index in [9.17, 15) is 0 Å². The van der Waals surface area contributed by atoms with Gasteiger partial charge in [0.25, 0.3) is 0 Å². The van der Waals surface area contributed by atoms with Gasteiger partial charge >= 0.3 is 0 Å². The maximum absolute atomic E-state index is 4.96. The Morgan fingerprint density at radius 1 is 0.812 bits per heavy atom. The lowest BCUT2D eigenvalue weighted by molar-refractivity contribution is 0.881. The zero-order valence-corrected chi connectivity index (χ0v) is 20.7. The van der Waals surface area contributed by atoms with E-state index in [1.807, 2.05) is 6.20 Å². The van der Waals surface area contributed by atoms with Crippen LogP contribution in [0.3, 0.4) is 0 Å². The smallest absolute Gasteiger partial charge is 0.0823 e. The van der Waals surface area contributed by atoms with Crippen molar-refractivity contribution in [1.29, 1.82) is 0 Å². The number of hydrogen-bond acceptors (Lipinski definition) is 2. The molecule has 0 aliphatic heterocycles. The largest absolute Gasteiger partial charge is 0.307 e. The maximum atomic E-state index is 4.96. The Hall–Kier alpha value is -2.57. The summed E-state index contributed by atoms with van der Waals surface area (Å²) in [6, 6.07) is 24.6. The zero-order valence-electron chi connectivity index (χ0n) is 17.7. The molecule has 0 bridgehead atoms. The molecule has 2 nitrogen and oxygen atoms in total. The van der Waals surface area contributed by atoms with E-state index in [0.29, 0.717) is 5.92 Å². The Morgan fingerprint density at radius 2 is 1.69 bits per heavy atom. The molecule has 7 rings (SSSR count). The number of hydrogen-bond donors (Lipinski definition) is 0. The van der Waals surface area contributed by atoms with E-state index in [-0.39, 0.29) is 0 Å². The van der Waals surface area contributed by atoms with Crippen LogP contribution in [0.4, 0.5) is 0 Å². The van der Waals surface area contributed by atoms with Crippen LogP contribution in [0, 0.1) is 0 Å². The van der Waals surface area contributed by atoms with E-state index < -0.39 is 0 Å². The van der Waals surface area contributed by atoms with Crippen LogP contribution in [-0.4, -0.2) is 9.38 Å². The van der Waals surface area contributed by atoms with Gasteiger partial charge in [0.2, 0.25) is 0 Å². The van der Waals surface area contributed by atoms with Crippen LogP contribution < -0.4 is 0 Å². The fourth-order valence-electron chi connectivity index (χ4n) is 5.65. The summed E-state index contributed by atoms with van der Waals surface area (Å²) in [5.41, 5.74) is 6.38. The van der Waals surface area contributed by atoms with Crippen molar-refractivity contribution in [2.75, 3.05) is 0 Å². The van der Waals surface area contributed by atoms with Gasteiger partial charge in [0, 0.05) is 53.8 Å². The second-order valence-corrected chi connectivity index (χ2v) is 10.8. The summed E-state index contributed by atoms with van der Waals surface area (Å²) in [6.07, 6.45) is 1.96. The zero-order chi connectivity index (χ0) is 21.6. The lowest BCUT2D eigenvalue weighted by Crippen LogP contribution is -2.00. The Balaban J connectivity index is 1.95. The van der Waals surface area contributed by atoms with Crippen LogP contribution >= 0.6 is 30.1 Å². The van der Waals surface area contributed by atoms with Gasteiger partial charge in [-0.25, -0.2) is 0 Å². The van der Waals surface area contributed by atoms with Crippen molar-refractivity contribution in [2.45, 2.75) is 24.7 Å². The second-order valence-electron chi connectivity index (χ2n) is 8.84. The number of rotatable bonds is 2. The average molecular weight is 542 g/mol. The molecular formula is C28H19IN2S. The third kappa shape index (κ3) is 2.29. The summed E-state index contributed by atoms with van der Waals surface area (Å²) in [5.74, 6) is 0.383. The third-order valence-corrected chi connectivity index (χ3v) is 8.77. The predicted molar refractivity (Wildman–Crippen MR) is 148 cm³/mol. The molecule has 0 unspecified atom stereocenters. The second kappa shape index (κ2) is 6.72. The Morgan fingerprint density at radius 3 is 2.53 bits per heavy atom. The molecule has 0 aliphatic rings. The first-order chi connectivity index (χ1) is 15.7. The van der Waals surface area contributed by atoms with Crippen LogP contribution in [0.1, 0.15) is 25.3 Å². The van der Waals surface area contributed by atoms with Crippen LogP contribution in [0.2, 0.25) is 0 Å². The normalized spacial score (nSPS) is 12.6. The van der Waals surface area contributed by atoms with E-state index in [1.165, 1.54) is 64.7 Å². The molecule has 0 radical (unpaired) electrons. The predicted octanol–water partition coefficient (Wildman–Crippen LogP) is 9.10. The van der Waals surface area contributed by atoms with Crippen LogP contribution in [0.25, 0.3) is 59.8 Å². The molecule has 4 aromatic carbocycles. The molecular weight excluding hydrogens is 523 g/mol. The molecule has 0 saturated heterocycles. The van der Waals surface area contributed by atoms with E-state index in [0.717, 1.165) is 5.52 Å². The average Bonchev–Trinajstić information content (AvgIpc) is 3.17. The van der Waals surface area contributed by atoms with Crippen molar-refractivity contribution in [3.63, 3.8) is 0 Å². The van der Waals surface area contributed by atoms with Gasteiger partial charge in [-0.15, -0.1) is 0 Å². The van der Waals surface area contributed by atoms with E-state index in [4.69, 9.17) is 4.98 Å². The molecule has 0 saturated carbocycles. The number of pyridine rings is 2. The minimum atomic E-state index is 0.383. The minimum absolute atomic E-state index is 0.383. The van der Waals surface area contributed by atoms with Crippen LogP contribution in [-0.2, 0) is 0 Å². The SMILES string of the molecule is CC(C)c1c2ccccc2cc2c3nccc4ccc5c6c(SI)cccc6n(c12)c5c43. The molecule has 0 spiro atoms. The Bertz CT molecular complexity index is 1850. The summed E-state index contributed by atoms with van der Waals surface area (Å²) >= 11 is 2.41. The lowest BCUT2D eigenvalue weighted by atomic mass is 9.91. The van der Waals surface area contributed by atoms with Gasteiger partial charge in [-0.05, 0) is 51.9 Å². The molecule has 0 amide bonds. The highest BCUT2D eigenvalue weighted by Gasteiger charge is 2.23. The highest BCUT2D eigenvalue weighted by molar-refractivity contribution is 14.2. The molecule has 0 atom stereocenters. The van der Waals surface area contributed by atoms with Crippen molar-refractivity contribution < 1.29 is 0 Å². The fourth-order valence-corrected chi connectivity index (χ4v) is 7.18. The van der Waals surface area contributed by atoms with Crippen molar-refractivity contribution in [3.05, 3.63) is 78.5 Å². The highest BCUT2D eigenvalue weighted by atomic mass is 127. The molecule has 3 heterocycles. The van der Waals surface area contributed by atoms with Gasteiger partial charge in [0.15, 0.2) is 0 Å². The molecule has 154 valence electrons. The number of aromatic nitrogens is 2. The summed E-state index contributed by atoms with van der Waals surface area (Å²) in [7, 11) is 1.79. The summed E-state index contributed by atoms with van der Waals surface area (Å²) < 4.78 is 2.54. The first-order valence-electron chi connectivity index (χ1n) is 10.9. The van der Waals surface area contributed by atoms with Crippen LogP contribution in [0.15, 0.2) is 77.8 Å². The standard InChI is InChI=1S/C28H19IN2S/c1-15(2)23-18-7-4-3-6-17(18)14-20-26-24-16(12-13-30-26)10-11-19-25-21(8-5-9-22(25)32-29)31(27(19)24)28(20)23/h3-15H,1-2H3. The Kier molecular flexibility index (Phi) is 3.98. The molecule has 3 aromatic heterocycles. The summed E-state index contributed by atoms with van der Waals surface area (Å²) in [6.45, 7) is 4.62. The molecule has 7 aromatic rings. The van der Waals surface area contributed by atoms with Crippen LogP contribution in [0.5, 0.6) is 0 Å². The van der Waals surface area contributed by atoms with E-state index in [2.05, 4.69) is 106 Å². The molecule has 0 fully saturated rings. The highest BCUT2D eigenvalue weighted by Crippen LogP contribution is 2.46. The van der Waals surface area contributed by atoms with Gasteiger partial charge in [-0.1, -0.05) is 65.2 Å². The Labute approximate surface area is 201 Å². The van der Waals surface area contributed by atoms with Gasteiger partial charge in [0.05, 0.1) is 22.1 Å². The van der Waals surface area contributed by atoms with E-state index in [1.54, 1.807) is 8.93 Å². The van der Waals surface area contributed by atoms with Gasteiger partial charge in [-0.2, -0.15) is 0 Å².